The van der Waals surface area contributed by atoms with E-state index in [0.717, 1.165) is 16.5 Å². The number of hydrogen-bond acceptors (Lipinski definition) is 5. The lowest BCUT2D eigenvalue weighted by atomic mass is 10.2. The van der Waals surface area contributed by atoms with Gasteiger partial charge >= 0.3 is 0 Å². The van der Waals surface area contributed by atoms with Crippen LogP contribution in [0.15, 0.2) is 64.4 Å². The van der Waals surface area contributed by atoms with Crippen molar-refractivity contribution >= 4 is 34.1 Å². The number of hydrazone groups is 1. The lowest BCUT2D eigenvalue weighted by Crippen LogP contribution is -1.95. The Hall–Kier alpha value is -3.28. The van der Waals surface area contributed by atoms with E-state index in [0.29, 0.717) is 17.0 Å². The average molecular weight is 306 g/mol. The number of hydrogen-bond donors (Lipinski definition) is 1. The molecule has 0 unspecified atom stereocenters. The number of aromatic nitrogens is 2. The lowest BCUT2D eigenvalue weighted by Gasteiger charge is -1.99. The summed E-state index contributed by atoms with van der Waals surface area (Å²) >= 11 is 0. The highest BCUT2D eigenvalue weighted by Crippen LogP contribution is 2.30. The van der Waals surface area contributed by atoms with Crippen molar-refractivity contribution in [2.45, 2.75) is 0 Å². The molecule has 5 nitrogen and oxygen atoms in total. The van der Waals surface area contributed by atoms with Gasteiger partial charge in [-0.25, -0.2) is 14.4 Å². The molecule has 0 aliphatic heterocycles. The van der Waals surface area contributed by atoms with Crippen molar-refractivity contribution in [1.82, 2.24) is 9.97 Å². The Balaban J connectivity index is 1.69. The molecule has 23 heavy (non-hydrogen) atoms. The maximum Gasteiger partial charge on any atom is 0.197 e. The minimum atomic E-state index is -0.310. The Kier molecular flexibility index (Phi) is 3.20. The van der Waals surface area contributed by atoms with Gasteiger partial charge in [0.15, 0.2) is 11.4 Å². The summed E-state index contributed by atoms with van der Waals surface area (Å²) in [5.74, 6) is 0.148. The fourth-order valence-corrected chi connectivity index (χ4v) is 2.36. The first-order chi connectivity index (χ1) is 11.3. The molecule has 0 saturated carbocycles. The number of para-hydroxylation sites is 1. The van der Waals surface area contributed by atoms with Gasteiger partial charge in [-0.3, -0.25) is 5.43 Å². The van der Waals surface area contributed by atoms with Crippen LogP contribution in [0.1, 0.15) is 5.56 Å². The third-order valence-electron chi connectivity index (χ3n) is 3.39. The first-order valence-corrected chi connectivity index (χ1v) is 6.98. The van der Waals surface area contributed by atoms with E-state index in [4.69, 9.17) is 4.42 Å². The fourth-order valence-electron chi connectivity index (χ4n) is 2.36. The number of nitrogens with one attached hydrogen (secondary N) is 1. The van der Waals surface area contributed by atoms with Crippen molar-refractivity contribution in [3.05, 3.63) is 66.2 Å². The second-order valence-corrected chi connectivity index (χ2v) is 4.92. The number of anilines is 1. The second-order valence-electron chi connectivity index (χ2n) is 4.92. The molecular formula is C17H11FN4O. The molecule has 1 N–H and O–H groups in total. The van der Waals surface area contributed by atoms with E-state index in [1.165, 1.54) is 24.7 Å². The van der Waals surface area contributed by atoms with E-state index in [2.05, 4.69) is 20.5 Å². The van der Waals surface area contributed by atoms with E-state index in [9.17, 15) is 4.39 Å². The van der Waals surface area contributed by atoms with E-state index < -0.39 is 0 Å². The van der Waals surface area contributed by atoms with Crippen LogP contribution in [0, 0.1) is 5.82 Å². The number of furan rings is 1. The van der Waals surface area contributed by atoms with Crippen molar-refractivity contribution in [1.29, 1.82) is 0 Å². The Morgan fingerprint density at radius 3 is 2.91 bits per heavy atom. The van der Waals surface area contributed by atoms with Gasteiger partial charge in [0.1, 0.15) is 23.2 Å². The van der Waals surface area contributed by atoms with E-state index in [1.54, 1.807) is 12.1 Å². The predicted molar refractivity (Wildman–Crippen MR) is 86.9 cm³/mol. The highest BCUT2D eigenvalue weighted by molar-refractivity contribution is 6.05. The smallest absolute Gasteiger partial charge is 0.197 e. The van der Waals surface area contributed by atoms with E-state index in [-0.39, 0.29) is 5.82 Å². The molecule has 6 heteroatoms. The molecule has 2 aromatic heterocycles. The normalized spacial score (nSPS) is 11.5. The molecule has 0 bridgehead atoms. The Labute approximate surface area is 130 Å². The van der Waals surface area contributed by atoms with Crippen LogP contribution in [-0.2, 0) is 0 Å². The summed E-state index contributed by atoms with van der Waals surface area (Å²) in [7, 11) is 0. The summed E-state index contributed by atoms with van der Waals surface area (Å²) in [5.41, 5.74) is 5.45. The van der Waals surface area contributed by atoms with Crippen LogP contribution in [0.3, 0.4) is 0 Å². The van der Waals surface area contributed by atoms with Gasteiger partial charge in [0.25, 0.3) is 0 Å². The quantitative estimate of drug-likeness (QED) is 0.459. The highest BCUT2D eigenvalue weighted by atomic mass is 19.1. The monoisotopic (exact) mass is 306 g/mol. The van der Waals surface area contributed by atoms with Crippen molar-refractivity contribution in [3.63, 3.8) is 0 Å². The molecule has 0 radical (unpaired) electrons. The summed E-state index contributed by atoms with van der Waals surface area (Å²) in [5, 5.41) is 5.00. The minimum absolute atomic E-state index is 0.310. The Bertz CT molecular complexity index is 1030. The molecule has 0 saturated heterocycles. The molecule has 2 aromatic carbocycles. The molecule has 4 aromatic rings. The maximum absolute atomic E-state index is 13.1. The van der Waals surface area contributed by atoms with Gasteiger partial charge < -0.3 is 4.42 Å². The zero-order chi connectivity index (χ0) is 15.6. The molecular weight excluding hydrogens is 295 g/mol. The van der Waals surface area contributed by atoms with Crippen molar-refractivity contribution in [3.8, 4) is 0 Å². The molecule has 4 rings (SSSR count). The van der Waals surface area contributed by atoms with Crippen molar-refractivity contribution < 1.29 is 8.81 Å². The first kappa shape index (κ1) is 13.4. The fraction of sp³-hybridized carbons (Fsp3) is 0. The van der Waals surface area contributed by atoms with Gasteiger partial charge in [0, 0.05) is 5.39 Å². The second kappa shape index (κ2) is 5.49. The number of nitrogens with zero attached hydrogens (tertiary/aromatic N) is 3. The van der Waals surface area contributed by atoms with Crippen LogP contribution >= 0.6 is 0 Å². The van der Waals surface area contributed by atoms with Gasteiger partial charge in [-0.1, -0.05) is 24.3 Å². The van der Waals surface area contributed by atoms with Crippen molar-refractivity contribution in [2.24, 2.45) is 5.10 Å². The van der Waals surface area contributed by atoms with Gasteiger partial charge in [0.2, 0.25) is 0 Å². The van der Waals surface area contributed by atoms with Crippen LogP contribution in [0.25, 0.3) is 22.1 Å². The summed E-state index contributed by atoms with van der Waals surface area (Å²) in [4.78, 5) is 8.41. The number of rotatable bonds is 3. The molecule has 0 atom stereocenters. The summed E-state index contributed by atoms with van der Waals surface area (Å²) in [6, 6.07) is 13.8. The van der Waals surface area contributed by atoms with E-state index >= 15 is 0 Å². The van der Waals surface area contributed by atoms with Crippen molar-refractivity contribution in [2.75, 3.05) is 5.43 Å². The number of halogens is 1. The summed E-state index contributed by atoms with van der Waals surface area (Å²) < 4.78 is 18.9. The average Bonchev–Trinajstić information content (AvgIpc) is 2.95. The van der Waals surface area contributed by atoms with E-state index in [1.807, 2.05) is 24.3 Å². The van der Waals surface area contributed by atoms with Crippen LogP contribution in [0.2, 0.25) is 0 Å². The highest BCUT2D eigenvalue weighted by Gasteiger charge is 2.11. The molecule has 112 valence electrons. The van der Waals surface area contributed by atoms with Gasteiger partial charge in [-0.2, -0.15) is 5.10 Å². The Morgan fingerprint density at radius 1 is 1.09 bits per heavy atom. The third-order valence-corrected chi connectivity index (χ3v) is 3.39. The first-order valence-electron chi connectivity index (χ1n) is 6.98. The van der Waals surface area contributed by atoms with Crippen LogP contribution in [-0.4, -0.2) is 16.2 Å². The Morgan fingerprint density at radius 2 is 2.00 bits per heavy atom. The maximum atomic E-state index is 13.1. The number of benzene rings is 2. The zero-order valence-electron chi connectivity index (χ0n) is 11.9. The largest absolute Gasteiger partial charge is 0.450 e. The lowest BCUT2D eigenvalue weighted by molar-refractivity contribution is 0.627. The molecule has 0 spiro atoms. The van der Waals surface area contributed by atoms with Crippen LogP contribution in [0.5, 0.6) is 0 Å². The molecule has 2 heterocycles. The number of fused-ring (bicyclic) bond motifs is 3. The molecule has 0 aliphatic rings. The molecule has 0 aliphatic carbocycles. The minimum Gasteiger partial charge on any atom is -0.450 e. The van der Waals surface area contributed by atoms with Crippen LogP contribution < -0.4 is 5.43 Å². The summed E-state index contributed by atoms with van der Waals surface area (Å²) in [6.07, 6.45) is 2.96. The van der Waals surface area contributed by atoms with Crippen LogP contribution in [0.4, 0.5) is 10.2 Å². The van der Waals surface area contributed by atoms with Gasteiger partial charge in [-0.15, -0.1) is 0 Å². The standard InChI is InChI=1S/C17H11FN4O/c18-12-5-3-4-11(8-12)9-21-22-17-16-15(19-10-20-17)13-6-1-2-7-14(13)23-16/h1-10H,(H,19,20,22)/b21-9-. The predicted octanol–water partition coefficient (Wildman–Crippen LogP) is 3.96. The molecule has 0 fully saturated rings. The molecule has 0 amide bonds. The zero-order valence-corrected chi connectivity index (χ0v) is 11.9. The summed E-state index contributed by atoms with van der Waals surface area (Å²) in [6.45, 7) is 0. The topological polar surface area (TPSA) is 63.3 Å². The van der Waals surface area contributed by atoms with Gasteiger partial charge in [-0.05, 0) is 29.8 Å². The third kappa shape index (κ3) is 2.50. The van der Waals surface area contributed by atoms with Gasteiger partial charge in [0.05, 0.1) is 6.21 Å². The SMILES string of the molecule is Fc1cccc(/C=N\Nc2ncnc3c2oc2ccccc23)c1.